The van der Waals surface area contributed by atoms with Crippen LogP contribution in [-0.4, -0.2) is 38.7 Å². The van der Waals surface area contributed by atoms with E-state index in [1.165, 1.54) is 0 Å². The summed E-state index contributed by atoms with van der Waals surface area (Å²) in [5, 5.41) is 0.950. The van der Waals surface area contributed by atoms with Crippen LogP contribution in [0.1, 0.15) is 36.8 Å². The molecule has 1 aliphatic heterocycles. The van der Waals surface area contributed by atoms with E-state index in [-0.39, 0.29) is 10.8 Å². The predicted molar refractivity (Wildman–Crippen MR) is 120 cm³/mol. The molecular formula is C21H23Cl2N3O3S. The minimum absolute atomic E-state index is 0.0369. The lowest BCUT2D eigenvalue weighted by molar-refractivity contribution is -0.130. The SMILES string of the molecule is CN(Cc1cccc(Cl)c1Cl)C(=O)CCCCCN=C1NS(=O)(=O)c2ccccc21. The van der Waals surface area contributed by atoms with Crippen molar-refractivity contribution in [2.45, 2.75) is 37.1 Å². The van der Waals surface area contributed by atoms with Crippen molar-refractivity contribution in [2.75, 3.05) is 13.6 Å². The van der Waals surface area contributed by atoms with Crippen molar-refractivity contribution in [3.8, 4) is 0 Å². The van der Waals surface area contributed by atoms with Gasteiger partial charge in [0.15, 0.2) is 0 Å². The third-order valence-electron chi connectivity index (χ3n) is 4.85. The van der Waals surface area contributed by atoms with E-state index in [4.69, 9.17) is 23.2 Å². The van der Waals surface area contributed by atoms with Crippen molar-refractivity contribution in [1.82, 2.24) is 9.62 Å². The molecule has 1 amide bonds. The monoisotopic (exact) mass is 467 g/mol. The number of aliphatic imine (C=N–C) groups is 1. The lowest BCUT2D eigenvalue weighted by atomic mass is 10.1. The summed E-state index contributed by atoms with van der Waals surface area (Å²) in [6, 6.07) is 12.2. The van der Waals surface area contributed by atoms with Crippen LogP contribution in [0.25, 0.3) is 0 Å². The highest BCUT2D eigenvalue weighted by Gasteiger charge is 2.29. The Labute approximate surface area is 187 Å². The first kappa shape index (κ1) is 22.6. The summed E-state index contributed by atoms with van der Waals surface area (Å²) in [4.78, 5) is 18.6. The standard InChI is InChI=1S/C21H23Cl2N3O3S/c1-26(14-15-8-7-10-17(22)20(15)23)19(27)12-3-2-6-13-24-21-16-9-4-5-11-18(16)30(28,29)25-21/h4-5,7-11H,2-3,6,12-14H2,1H3,(H,24,25). The third kappa shape index (κ3) is 5.33. The number of carbonyl (C=O) groups excluding carboxylic acids is 1. The molecule has 0 atom stereocenters. The Bertz CT molecular complexity index is 1070. The summed E-state index contributed by atoms with van der Waals surface area (Å²) in [7, 11) is -1.76. The normalized spacial score (nSPS) is 15.6. The Morgan fingerprint density at radius 1 is 1.07 bits per heavy atom. The number of nitrogens with one attached hydrogen (secondary N) is 1. The maximum Gasteiger partial charge on any atom is 0.263 e. The Morgan fingerprint density at radius 2 is 1.83 bits per heavy atom. The minimum atomic E-state index is -3.50. The molecule has 2 aromatic rings. The molecule has 160 valence electrons. The van der Waals surface area contributed by atoms with Crippen LogP contribution in [0.15, 0.2) is 52.4 Å². The van der Waals surface area contributed by atoms with Gasteiger partial charge >= 0.3 is 0 Å². The molecule has 9 heteroatoms. The first-order chi connectivity index (χ1) is 14.3. The molecule has 0 radical (unpaired) electrons. The number of benzene rings is 2. The summed E-state index contributed by atoms with van der Waals surface area (Å²) < 4.78 is 26.6. The Kier molecular flexibility index (Phi) is 7.39. The molecule has 0 spiro atoms. The number of halogens is 2. The van der Waals surface area contributed by atoms with Gasteiger partial charge < -0.3 is 4.90 Å². The zero-order valence-electron chi connectivity index (χ0n) is 16.6. The van der Waals surface area contributed by atoms with E-state index in [0.717, 1.165) is 24.8 Å². The van der Waals surface area contributed by atoms with Gasteiger partial charge in [-0.1, -0.05) is 53.9 Å². The van der Waals surface area contributed by atoms with Crippen LogP contribution in [0.5, 0.6) is 0 Å². The topological polar surface area (TPSA) is 78.8 Å². The molecule has 0 aliphatic carbocycles. The number of rotatable bonds is 8. The Hall–Kier alpha value is -2.09. The second kappa shape index (κ2) is 9.81. The van der Waals surface area contributed by atoms with Crippen LogP contribution in [-0.2, 0) is 21.4 Å². The van der Waals surface area contributed by atoms with Gasteiger partial charge in [0, 0.05) is 32.1 Å². The van der Waals surface area contributed by atoms with Crippen LogP contribution < -0.4 is 4.72 Å². The van der Waals surface area contributed by atoms with Crippen LogP contribution in [0.2, 0.25) is 10.0 Å². The fourth-order valence-corrected chi connectivity index (χ4v) is 4.84. The van der Waals surface area contributed by atoms with Crippen LogP contribution in [0.3, 0.4) is 0 Å². The van der Waals surface area contributed by atoms with Crippen molar-refractivity contribution in [3.05, 3.63) is 63.6 Å². The molecule has 0 aromatic heterocycles. The lowest BCUT2D eigenvalue weighted by Crippen LogP contribution is -2.26. The maximum atomic E-state index is 12.3. The first-order valence-corrected chi connectivity index (χ1v) is 11.9. The van der Waals surface area contributed by atoms with Gasteiger partial charge in [0.05, 0.1) is 14.9 Å². The number of sulfonamides is 1. The molecule has 1 N–H and O–H groups in total. The van der Waals surface area contributed by atoms with Gasteiger partial charge in [-0.15, -0.1) is 0 Å². The fraction of sp³-hybridized carbons (Fsp3) is 0.333. The number of amides is 1. The quantitative estimate of drug-likeness (QED) is 0.589. The smallest absolute Gasteiger partial charge is 0.263 e. The van der Waals surface area contributed by atoms with E-state index in [1.807, 2.05) is 12.1 Å². The molecule has 30 heavy (non-hydrogen) atoms. The van der Waals surface area contributed by atoms with E-state index in [1.54, 1.807) is 42.3 Å². The van der Waals surface area contributed by atoms with Gasteiger partial charge in [-0.25, -0.2) is 8.42 Å². The molecule has 0 unspecified atom stereocenters. The molecule has 0 saturated heterocycles. The number of nitrogens with zero attached hydrogens (tertiary/aromatic N) is 2. The van der Waals surface area contributed by atoms with Crippen molar-refractivity contribution < 1.29 is 13.2 Å². The number of hydrogen-bond donors (Lipinski definition) is 1. The summed E-state index contributed by atoms with van der Waals surface area (Å²) in [6.45, 7) is 0.903. The lowest BCUT2D eigenvalue weighted by Gasteiger charge is -2.18. The van der Waals surface area contributed by atoms with E-state index in [9.17, 15) is 13.2 Å². The largest absolute Gasteiger partial charge is 0.341 e. The summed E-state index contributed by atoms with van der Waals surface area (Å²) >= 11 is 12.2. The Balaban J connectivity index is 1.42. The number of amidine groups is 1. The average Bonchev–Trinajstić information content (AvgIpc) is 2.98. The van der Waals surface area contributed by atoms with E-state index in [2.05, 4.69) is 9.71 Å². The van der Waals surface area contributed by atoms with E-state index >= 15 is 0 Å². The summed E-state index contributed by atoms with van der Waals surface area (Å²) in [6.07, 6.45) is 2.76. The fourth-order valence-electron chi connectivity index (χ4n) is 3.21. The van der Waals surface area contributed by atoms with Gasteiger partial charge in [0.2, 0.25) is 5.91 Å². The molecule has 1 heterocycles. The molecule has 0 saturated carbocycles. The average molecular weight is 468 g/mol. The predicted octanol–water partition coefficient (Wildman–Crippen LogP) is 4.25. The van der Waals surface area contributed by atoms with Gasteiger partial charge in [0.25, 0.3) is 10.0 Å². The van der Waals surface area contributed by atoms with Gasteiger partial charge in [-0.3, -0.25) is 14.5 Å². The highest BCUT2D eigenvalue weighted by molar-refractivity contribution is 7.90. The summed E-state index contributed by atoms with van der Waals surface area (Å²) in [5.41, 5.74) is 1.42. The number of unbranched alkanes of at least 4 members (excludes halogenated alkanes) is 2. The minimum Gasteiger partial charge on any atom is -0.341 e. The number of carbonyl (C=O) groups is 1. The third-order valence-corrected chi connectivity index (χ3v) is 7.10. The molecule has 3 rings (SSSR count). The summed E-state index contributed by atoms with van der Waals surface area (Å²) in [5.74, 6) is 0.426. The van der Waals surface area contributed by atoms with Crippen LogP contribution in [0.4, 0.5) is 0 Å². The molecule has 0 bridgehead atoms. The molecule has 1 aliphatic rings. The molecule has 2 aromatic carbocycles. The second-order valence-corrected chi connectivity index (χ2v) is 9.54. The number of hydrogen-bond acceptors (Lipinski definition) is 4. The van der Waals surface area contributed by atoms with Crippen molar-refractivity contribution >= 4 is 45.0 Å². The second-order valence-electron chi connectivity index (χ2n) is 7.11. The van der Waals surface area contributed by atoms with Crippen LogP contribution in [0, 0.1) is 0 Å². The van der Waals surface area contributed by atoms with Gasteiger partial charge in [-0.05, 0) is 36.6 Å². The maximum absolute atomic E-state index is 12.3. The van der Waals surface area contributed by atoms with Crippen molar-refractivity contribution in [1.29, 1.82) is 0 Å². The molecule has 0 fully saturated rings. The number of fused-ring (bicyclic) bond motifs is 1. The first-order valence-electron chi connectivity index (χ1n) is 9.63. The van der Waals surface area contributed by atoms with Crippen molar-refractivity contribution in [3.63, 3.8) is 0 Å². The van der Waals surface area contributed by atoms with Gasteiger partial charge in [0.1, 0.15) is 5.84 Å². The zero-order chi connectivity index (χ0) is 21.7. The van der Waals surface area contributed by atoms with E-state index in [0.29, 0.717) is 41.0 Å². The van der Waals surface area contributed by atoms with E-state index < -0.39 is 10.0 Å². The zero-order valence-corrected chi connectivity index (χ0v) is 18.9. The highest BCUT2D eigenvalue weighted by Crippen LogP contribution is 2.26. The Morgan fingerprint density at radius 3 is 2.63 bits per heavy atom. The molecule has 6 nitrogen and oxygen atoms in total. The van der Waals surface area contributed by atoms with Crippen molar-refractivity contribution in [2.24, 2.45) is 4.99 Å². The molecular weight excluding hydrogens is 445 g/mol. The highest BCUT2D eigenvalue weighted by atomic mass is 35.5. The van der Waals surface area contributed by atoms with Crippen LogP contribution >= 0.6 is 23.2 Å². The van der Waals surface area contributed by atoms with Gasteiger partial charge in [-0.2, -0.15) is 0 Å².